The lowest BCUT2D eigenvalue weighted by atomic mass is 9.75. The normalized spacial score (nSPS) is 13.3. The number of rotatable bonds is 8. The number of carbonyl (C=O) groups is 2. The van der Waals surface area contributed by atoms with E-state index in [1.165, 1.54) is 12.4 Å². The first-order chi connectivity index (χ1) is 18.0. The molecule has 2 aromatic heterocycles. The van der Waals surface area contributed by atoms with Crippen LogP contribution in [0.1, 0.15) is 44.9 Å². The SMILES string of the molecule is CC(C)(C)CC(NC(=O)OCc1ccccc1)(C(=O)O)c1ccc2nc(-c3cnn(C(F)F)c3)ccc2c1. The van der Waals surface area contributed by atoms with E-state index in [1.807, 2.05) is 39.0 Å². The largest absolute Gasteiger partial charge is 0.479 e. The summed E-state index contributed by atoms with van der Waals surface area (Å²) in [6, 6.07) is 17.3. The maximum absolute atomic E-state index is 12.9. The molecule has 1 amide bonds. The molecule has 2 heterocycles. The van der Waals surface area contributed by atoms with Crippen LogP contribution in [-0.4, -0.2) is 31.9 Å². The Bertz CT molecular complexity index is 1450. The maximum atomic E-state index is 12.9. The number of hydrogen-bond donors (Lipinski definition) is 2. The summed E-state index contributed by atoms with van der Waals surface area (Å²) in [6.45, 7) is 2.89. The van der Waals surface area contributed by atoms with Gasteiger partial charge in [0.05, 0.1) is 17.4 Å². The number of alkyl halides is 2. The molecule has 8 nitrogen and oxygen atoms in total. The number of alkyl carbamates (subject to hydrolysis) is 1. The fourth-order valence-electron chi connectivity index (χ4n) is 4.33. The van der Waals surface area contributed by atoms with E-state index >= 15 is 0 Å². The van der Waals surface area contributed by atoms with E-state index in [2.05, 4.69) is 15.4 Å². The average molecular weight is 523 g/mol. The minimum atomic E-state index is -2.76. The zero-order valence-electron chi connectivity index (χ0n) is 21.2. The van der Waals surface area contributed by atoms with Crippen LogP contribution in [0.4, 0.5) is 13.6 Å². The number of hydrogen-bond acceptors (Lipinski definition) is 5. The van der Waals surface area contributed by atoms with E-state index in [0.29, 0.717) is 32.4 Å². The Morgan fingerprint density at radius 1 is 1.08 bits per heavy atom. The zero-order valence-corrected chi connectivity index (χ0v) is 21.2. The van der Waals surface area contributed by atoms with Gasteiger partial charge >= 0.3 is 18.6 Å². The number of carboxylic acids is 1. The second-order valence-corrected chi connectivity index (χ2v) is 10.2. The van der Waals surface area contributed by atoms with Gasteiger partial charge in [-0.2, -0.15) is 13.9 Å². The van der Waals surface area contributed by atoms with Gasteiger partial charge in [0, 0.05) is 17.1 Å². The summed E-state index contributed by atoms with van der Waals surface area (Å²) in [5.41, 5.74) is 0.253. The number of nitrogens with one attached hydrogen (secondary N) is 1. The summed E-state index contributed by atoms with van der Waals surface area (Å²) in [6.07, 6.45) is 1.74. The van der Waals surface area contributed by atoms with Crippen molar-refractivity contribution in [3.05, 3.63) is 84.2 Å². The van der Waals surface area contributed by atoms with E-state index in [4.69, 9.17) is 4.74 Å². The fraction of sp³-hybridized carbons (Fsp3) is 0.286. The molecule has 0 radical (unpaired) electrons. The third-order valence-corrected chi connectivity index (χ3v) is 5.97. The molecule has 2 aromatic carbocycles. The molecule has 0 aliphatic rings. The number of carboxylic acid groups (broad SMARTS) is 1. The third kappa shape index (κ3) is 5.96. The highest BCUT2D eigenvalue weighted by Gasteiger charge is 2.45. The number of nitrogens with zero attached hydrogens (tertiary/aromatic N) is 3. The summed E-state index contributed by atoms with van der Waals surface area (Å²) in [5, 5.41) is 17.3. The highest BCUT2D eigenvalue weighted by molar-refractivity contribution is 5.89. The van der Waals surface area contributed by atoms with Crippen LogP contribution in [0, 0.1) is 5.41 Å². The summed E-state index contributed by atoms with van der Waals surface area (Å²) in [7, 11) is 0. The monoisotopic (exact) mass is 522 g/mol. The minimum absolute atomic E-state index is 0.00947. The third-order valence-electron chi connectivity index (χ3n) is 5.97. The molecule has 4 rings (SSSR count). The lowest BCUT2D eigenvalue weighted by Crippen LogP contribution is -2.54. The Morgan fingerprint density at radius 2 is 1.82 bits per heavy atom. The van der Waals surface area contributed by atoms with Crippen LogP contribution in [0.25, 0.3) is 22.2 Å². The number of amides is 1. The Morgan fingerprint density at radius 3 is 2.45 bits per heavy atom. The molecular weight excluding hydrogens is 494 g/mol. The molecule has 1 atom stereocenters. The van der Waals surface area contributed by atoms with Crippen LogP contribution >= 0.6 is 0 Å². The van der Waals surface area contributed by atoms with Crippen LogP contribution < -0.4 is 5.32 Å². The van der Waals surface area contributed by atoms with Crippen LogP contribution in [0.15, 0.2) is 73.1 Å². The van der Waals surface area contributed by atoms with Gasteiger partial charge in [-0.1, -0.05) is 63.2 Å². The van der Waals surface area contributed by atoms with E-state index in [0.717, 1.165) is 5.56 Å². The minimum Gasteiger partial charge on any atom is -0.479 e. The average Bonchev–Trinajstić information content (AvgIpc) is 3.37. The standard InChI is InChI=1S/C28H28F2N4O4/c1-27(2,3)17-28(24(35)36,33-26(37)38-16-18-7-5-4-6-8-18)21-10-12-22-19(13-21)9-11-23(32-22)20-14-31-34(15-20)25(29)30/h4-15,25H,16-17H2,1-3H3,(H,33,37)(H,35,36). The number of ether oxygens (including phenoxy) is 1. The number of carbonyl (C=O) groups excluding carboxylic acids is 1. The number of aromatic nitrogens is 3. The van der Waals surface area contributed by atoms with E-state index < -0.39 is 29.6 Å². The second kappa shape index (κ2) is 10.6. The van der Waals surface area contributed by atoms with Gasteiger partial charge < -0.3 is 15.2 Å². The second-order valence-electron chi connectivity index (χ2n) is 10.2. The molecule has 0 saturated heterocycles. The molecule has 0 saturated carbocycles. The van der Waals surface area contributed by atoms with Crippen molar-refractivity contribution in [3.8, 4) is 11.3 Å². The molecule has 0 bridgehead atoms. The van der Waals surface area contributed by atoms with Gasteiger partial charge in [0.25, 0.3) is 0 Å². The van der Waals surface area contributed by atoms with Crippen molar-refractivity contribution in [1.29, 1.82) is 0 Å². The summed E-state index contributed by atoms with van der Waals surface area (Å²) < 4.78 is 31.7. The van der Waals surface area contributed by atoms with Gasteiger partial charge in [0.2, 0.25) is 0 Å². The smallest absolute Gasteiger partial charge is 0.408 e. The molecule has 1 unspecified atom stereocenters. The van der Waals surface area contributed by atoms with Crippen molar-refractivity contribution in [3.63, 3.8) is 0 Å². The Hall–Kier alpha value is -4.34. The molecule has 4 aromatic rings. The van der Waals surface area contributed by atoms with Gasteiger partial charge in [0.15, 0.2) is 5.54 Å². The molecule has 38 heavy (non-hydrogen) atoms. The topological polar surface area (TPSA) is 106 Å². The molecule has 0 aliphatic heterocycles. The van der Waals surface area contributed by atoms with Gasteiger partial charge in [-0.15, -0.1) is 0 Å². The van der Waals surface area contributed by atoms with Crippen LogP contribution in [0.2, 0.25) is 0 Å². The van der Waals surface area contributed by atoms with Crippen molar-refractivity contribution < 1.29 is 28.2 Å². The van der Waals surface area contributed by atoms with Crippen molar-refractivity contribution in [2.24, 2.45) is 5.41 Å². The Balaban J connectivity index is 1.67. The van der Waals surface area contributed by atoms with E-state index in [9.17, 15) is 23.5 Å². The molecule has 0 aliphatic carbocycles. The summed E-state index contributed by atoms with van der Waals surface area (Å²) in [4.78, 5) is 30.2. The highest BCUT2D eigenvalue weighted by atomic mass is 19.3. The van der Waals surface area contributed by atoms with Gasteiger partial charge in [-0.25, -0.2) is 19.3 Å². The summed E-state index contributed by atoms with van der Waals surface area (Å²) in [5.74, 6) is -1.23. The van der Waals surface area contributed by atoms with Crippen molar-refractivity contribution in [2.75, 3.05) is 0 Å². The predicted molar refractivity (Wildman–Crippen MR) is 137 cm³/mol. The Labute approximate surface area is 218 Å². The molecule has 2 N–H and O–H groups in total. The first-order valence-corrected chi connectivity index (χ1v) is 11.9. The van der Waals surface area contributed by atoms with Gasteiger partial charge in [-0.3, -0.25) is 0 Å². The van der Waals surface area contributed by atoms with Gasteiger partial charge in [-0.05, 0) is 41.2 Å². The quantitative estimate of drug-likeness (QED) is 0.288. The van der Waals surface area contributed by atoms with E-state index in [1.54, 1.807) is 42.5 Å². The van der Waals surface area contributed by atoms with Crippen LogP contribution in [0.5, 0.6) is 0 Å². The van der Waals surface area contributed by atoms with Crippen LogP contribution in [-0.2, 0) is 21.7 Å². The maximum Gasteiger partial charge on any atom is 0.408 e. The lowest BCUT2D eigenvalue weighted by Gasteiger charge is -2.36. The molecule has 0 fully saturated rings. The lowest BCUT2D eigenvalue weighted by molar-refractivity contribution is -0.146. The summed E-state index contributed by atoms with van der Waals surface area (Å²) >= 11 is 0. The first kappa shape index (κ1) is 26.7. The Kier molecular flexibility index (Phi) is 7.43. The molecule has 198 valence electrons. The number of fused-ring (bicyclic) bond motifs is 1. The zero-order chi connectivity index (χ0) is 27.5. The number of aliphatic carboxylic acids is 1. The molecule has 0 spiro atoms. The molecule has 10 heteroatoms. The predicted octanol–water partition coefficient (Wildman–Crippen LogP) is 6.14. The molecular formula is C28H28F2N4O4. The van der Waals surface area contributed by atoms with Crippen molar-refractivity contribution >= 4 is 23.0 Å². The van der Waals surface area contributed by atoms with E-state index in [-0.39, 0.29) is 13.0 Å². The number of halogens is 2. The van der Waals surface area contributed by atoms with Crippen molar-refractivity contribution in [2.45, 2.75) is 45.9 Å². The fourth-order valence-corrected chi connectivity index (χ4v) is 4.33. The number of benzene rings is 2. The van der Waals surface area contributed by atoms with Crippen molar-refractivity contribution in [1.82, 2.24) is 20.1 Å². The van der Waals surface area contributed by atoms with Crippen LogP contribution in [0.3, 0.4) is 0 Å². The van der Waals surface area contributed by atoms with Gasteiger partial charge in [0.1, 0.15) is 6.61 Å². The highest BCUT2D eigenvalue weighted by Crippen LogP contribution is 2.37. The first-order valence-electron chi connectivity index (χ1n) is 11.9. The number of pyridine rings is 1.